The van der Waals surface area contributed by atoms with Crippen LogP contribution < -0.4 is 10.1 Å². The minimum atomic E-state index is -0.187. The van der Waals surface area contributed by atoms with Gasteiger partial charge in [0.2, 0.25) is 5.91 Å². The molecule has 3 aromatic rings. The van der Waals surface area contributed by atoms with Gasteiger partial charge in [-0.2, -0.15) is 5.10 Å². The van der Waals surface area contributed by atoms with Crippen LogP contribution in [0.25, 0.3) is 10.9 Å². The minimum absolute atomic E-state index is 0.119. The van der Waals surface area contributed by atoms with Crippen molar-refractivity contribution in [2.75, 3.05) is 12.4 Å². The maximum Gasteiger partial charge on any atom is 0.246 e. The first-order valence-corrected chi connectivity index (χ1v) is 7.19. The summed E-state index contributed by atoms with van der Waals surface area (Å²) >= 11 is 0. The quantitative estimate of drug-likeness (QED) is 0.757. The van der Waals surface area contributed by atoms with E-state index in [2.05, 4.69) is 10.4 Å². The Morgan fingerprint density at radius 1 is 1.30 bits per heavy atom. The van der Waals surface area contributed by atoms with E-state index in [0.29, 0.717) is 17.0 Å². The number of anilines is 1. The van der Waals surface area contributed by atoms with Crippen LogP contribution in [0.1, 0.15) is 5.56 Å². The molecule has 0 atom stereocenters. The lowest BCUT2D eigenvalue weighted by molar-refractivity contribution is -0.116. The molecule has 118 valence electrons. The lowest BCUT2D eigenvalue weighted by Crippen LogP contribution is -2.19. The molecule has 6 nitrogen and oxygen atoms in total. The fourth-order valence-electron chi connectivity index (χ4n) is 2.47. The molecule has 0 aliphatic carbocycles. The van der Waals surface area contributed by atoms with Crippen LogP contribution in [0.4, 0.5) is 5.69 Å². The van der Waals surface area contributed by atoms with Crippen LogP contribution >= 0.6 is 0 Å². The molecule has 1 amide bonds. The van der Waals surface area contributed by atoms with Crippen molar-refractivity contribution in [1.29, 1.82) is 0 Å². The van der Waals surface area contributed by atoms with Crippen LogP contribution in [-0.4, -0.2) is 27.9 Å². The number of hydrogen-bond acceptors (Lipinski definition) is 4. The Morgan fingerprint density at radius 3 is 2.91 bits per heavy atom. The Hall–Kier alpha value is -2.86. The Morgan fingerprint density at radius 2 is 2.13 bits per heavy atom. The van der Waals surface area contributed by atoms with Crippen LogP contribution in [0.5, 0.6) is 5.75 Å². The average Bonchev–Trinajstić information content (AvgIpc) is 2.97. The number of nitrogens with zero attached hydrogens (tertiary/aromatic N) is 2. The van der Waals surface area contributed by atoms with E-state index in [0.717, 1.165) is 10.9 Å². The molecule has 1 heterocycles. The van der Waals surface area contributed by atoms with E-state index >= 15 is 0 Å². The molecular formula is C17H17N3O3. The molecular weight excluding hydrogens is 294 g/mol. The number of methoxy groups -OCH3 is 1. The summed E-state index contributed by atoms with van der Waals surface area (Å²) in [4.78, 5) is 12.2. The first-order chi connectivity index (χ1) is 11.2. The summed E-state index contributed by atoms with van der Waals surface area (Å²) in [6.45, 7) is -0.0370. The third-order valence-corrected chi connectivity index (χ3v) is 3.58. The van der Waals surface area contributed by atoms with Crippen molar-refractivity contribution in [3.05, 3.63) is 54.2 Å². The van der Waals surface area contributed by atoms with Gasteiger partial charge in [-0.15, -0.1) is 0 Å². The number of carbonyl (C=O) groups is 1. The number of hydrogen-bond donors (Lipinski definition) is 2. The van der Waals surface area contributed by atoms with Gasteiger partial charge in [-0.3, -0.25) is 9.48 Å². The second kappa shape index (κ2) is 6.50. The third kappa shape index (κ3) is 3.17. The molecule has 0 spiro atoms. The number of aliphatic hydroxyl groups is 1. The molecule has 0 bridgehead atoms. The van der Waals surface area contributed by atoms with Gasteiger partial charge in [0.25, 0.3) is 0 Å². The van der Waals surface area contributed by atoms with Crippen molar-refractivity contribution < 1.29 is 14.6 Å². The highest BCUT2D eigenvalue weighted by Gasteiger charge is 2.09. The monoisotopic (exact) mass is 311 g/mol. The normalized spacial score (nSPS) is 10.7. The van der Waals surface area contributed by atoms with E-state index in [9.17, 15) is 9.90 Å². The number of para-hydroxylation sites is 1. The highest BCUT2D eigenvalue weighted by Crippen LogP contribution is 2.22. The number of aromatic nitrogens is 2. The number of aliphatic hydroxyl groups excluding tert-OH is 1. The van der Waals surface area contributed by atoms with E-state index in [1.165, 1.54) is 7.11 Å². The number of ether oxygens (including phenoxy) is 1. The summed E-state index contributed by atoms with van der Waals surface area (Å²) in [7, 11) is 1.54. The van der Waals surface area contributed by atoms with Crippen molar-refractivity contribution in [1.82, 2.24) is 9.78 Å². The lowest BCUT2D eigenvalue weighted by Gasteiger charge is -2.10. The third-order valence-electron chi connectivity index (χ3n) is 3.58. The Kier molecular flexibility index (Phi) is 4.25. The molecule has 0 fully saturated rings. The molecule has 0 radical (unpaired) electrons. The van der Waals surface area contributed by atoms with Crippen molar-refractivity contribution >= 4 is 22.5 Å². The van der Waals surface area contributed by atoms with Crippen molar-refractivity contribution in [3.8, 4) is 5.75 Å². The van der Waals surface area contributed by atoms with Crippen molar-refractivity contribution in [2.24, 2.45) is 0 Å². The van der Waals surface area contributed by atoms with Crippen molar-refractivity contribution in [2.45, 2.75) is 13.2 Å². The van der Waals surface area contributed by atoms with Gasteiger partial charge >= 0.3 is 0 Å². The number of carbonyl (C=O) groups excluding carboxylic acids is 1. The van der Waals surface area contributed by atoms with E-state index < -0.39 is 0 Å². The molecule has 2 N–H and O–H groups in total. The number of nitrogens with one attached hydrogen (secondary N) is 1. The van der Waals surface area contributed by atoms with Gasteiger partial charge in [0.05, 0.1) is 25.4 Å². The molecule has 0 saturated carbocycles. The predicted molar refractivity (Wildman–Crippen MR) is 87.3 cm³/mol. The summed E-state index contributed by atoms with van der Waals surface area (Å²) in [6.07, 6.45) is 1.74. The predicted octanol–water partition coefficient (Wildman–Crippen LogP) is 2.18. The smallest absolute Gasteiger partial charge is 0.246 e. The van der Waals surface area contributed by atoms with Crippen LogP contribution in [-0.2, 0) is 17.9 Å². The van der Waals surface area contributed by atoms with Gasteiger partial charge in [0, 0.05) is 16.6 Å². The topological polar surface area (TPSA) is 76.4 Å². The summed E-state index contributed by atoms with van der Waals surface area (Å²) in [5.41, 5.74) is 2.14. The van der Waals surface area contributed by atoms with Crippen molar-refractivity contribution in [3.63, 3.8) is 0 Å². The number of benzene rings is 2. The fourth-order valence-corrected chi connectivity index (χ4v) is 2.47. The summed E-state index contributed by atoms with van der Waals surface area (Å²) in [6, 6.07) is 12.9. The van der Waals surface area contributed by atoms with Gasteiger partial charge in [-0.1, -0.05) is 18.2 Å². The zero-order chi connectivity index (χ0) is 16.2. The highest BCUT2D eigenvalue weighted by molar-refractivity contribution is 5.91. The summed E-state index contributed by atoms with van der Waals surface area (Å²) in [5.74, 6) is 0.400. The number of rotatable bonds is 5. The minimum Gasteiger partial charge on any atom is -0.496 e. The van der Waals surface area contributed by atoms with Crippen LogP contribution in [0, 0.1) is 0 Å². The number of fused-ring (bicyclic) bond motifs is 1. The van der Waals surface area contributed by atoms with Gasteiger partial charge in [0.1, 0.15) is 12.3 Å². The molecule has 1 aromatic heterocycles. The molecule has 23 heavy (non-hydrogen) atoms. The Balaban J connectivity index is 1.74. The first kappa shape index (κ1) is 15.1. The second-order valence-corrected chi connectivity index (χ2v) is 5.09. The lowest BCUT2D eigenvalue weighted by atomic mass is 10.2. The second-order valence-electron chi connectivity index (χ2n) is 5.09. The maximum absolute atomic E-state index is 12.2. The van der Waals surface area contributed by atoms with E-state index in [1.54, 1.807) is 29.1 Å². The molecule has 6 heteroatoms. The van der Waals surface area contributed by atoms with Gasteiger partial charge < -0.3 is 15.2 Å². The fraction of sp³-hybridized carbons (Fsp3) is 0.176. The number of amides is 1. The summed E-state index contributed by atoms with van der Waals surface area (Å²) < 4.78 is 6.80. The molecule has 3 rings (SSSR count). The maximum atomic E-state index is 12.2. The van der Waals surface area contributed by atoms with Crippen LogP contribution in [0.15, 0.2) is 48.7 Å². The Bertz CT molecular complexity index is 842. The summed E-state index contributed by atoms with van der Waals surface area (Å²) in [5, 5.41) is 17.4. The van der Waals surface area contributed by atoms with Crippen LogP contribution in [0.3, 0.4) is 0 Å². The van der Waals surface area contributed by atoms with Gasteiger partial charge in [-0.05, 0) is 24.3 Å². The first-order valence-electron chi connectivity index (χ1n) is 7.19. The SMILES string of the molecule is COc1ccc(NC(=O)Cn2ncc3ccccc32)cc1CO. The van der Waals surface area contributed by atoms with E-state index in [4.69, 9.17) is 4.74 Å². The molecule has 0 unspecified atom stereocenters. The Labute approximate surface area is 133 Å². The molecule has 2 aromatic carbocycles. The molecule has 0 aliphatic rings. The standard InChI is InChI=1S/C17H17N3O3/c1-23-16-7-6-14(8-13(16)11-21)19-17(22)10-20-15-5-3-2-4-12(15)9-18-20/h2-9,21H,10-11H2,1H3,(H,19,22). The van der Waals surface area contributed by atoms with Crippen LogP contribution in [0.2, 0.25) is 0 Å². The zero-order valence-corrected chi connectivity index (χ0v) is 12.7. The van der Waals surface area contributed by atoms with E-state index in [1.807, 2.05) is 24.3 Å². The largest absolute Gasteiger partial charge is 0.496 e. The molecule has 0 saturated heterocycles. The van der Waals surface area contributed by atoms with E-state index in [-0.39, 0.29) is 19.1 Å². The zero-order valence-electron chi connectivity index (χ0n) is 12.7. The highest BCUT2D eigenvalue weighted by atomic mass is 16.5. The van der Waals surface area contributed by atoms with Gasteiger partial charge in [-0.25, -0.2) is 0 Å². The average molecular weight is 311 g/mol. The molecule has 0 aliphatic heterocycles. The van der Waals surface area contributed by atoms with Gasteiger partial charge in [0.15, 0.2) is 0 Å².